The summed E-state index contributed by atoms with van der Waals surface area (Å²) in [6.45, 7) is 3.90. The number of aliphatic hydroxyl groups excluding tert-OH is 3. The zero-order valence-corrected chi connectivity index (χ0v) is 36.6. The molecule has 6 unspecified atom stereocenters. The van der Waals surface area contributed by atoms with E-state index < -0.39 is 18.3 Å². The van der Waals surface area contributed by atoms with Crippen LogP contribution in [0.5, 0.6) is 0 Å². The lowest BCUT2D eigenvalue weighted by Crippen LogP contribution is -2.29. The van der Waals surface area contributed by atoms with Gasteiger partial charge >= 0.3 is 0 Å². The van der Waals surface area contributed by atoms with Crippen molar-refractivity contribution >= 4 is 22.9 Å². The quantitative estimate of drug-likeness (QED) is 0.112. The van der Waals surface area contributed by atoms with Crippen LogP contribution in [0.4, 0.5) is 0 Å². The third-order valence-electron chi connectivity index (χ3n) is 13.7. The number of aromatic nitrogens is 7. The fourth-order valence-corrected chi connectivity index (χ4v) is 11.5. The Morgan fingerprint density at radius 2 is 1.31 bits per heavy atom. The number of nitrogens with zero attached hydrogens (tertiary/aromatic N) is 7. The molecule has 9 aromatic rings. The van der Waals surface area contributed by atoms with Crippen LogP contribution in [0.1, 0.15) is 116 Å². The molecular weight excluding hydrogens is 842 g/mol. The van der Waals surface area contributed by atoms with Crippen molar-refractivity contribution in [1.29, 1.82) is 0 Å². The highest BCUT2D eigenvalue weighted by molar-refractivity contribution is 7.09. The number of para-hydroxylation sites is 1. The Labute approximate surface area is 378 Å². The first-order valence-electron chi connectivity index (χ1n) is 21.6. The van der Waals surface area contributed by atoms with E-state index in [2.05, 4.69) is 119 Å². The topological polar surface area (TPSA) is 122 Å². The van der Waals surface area contributed by atoms with Gasteiger partial charge in [-0.3, -0.25) is 4.98 Å². The summed E-state index contributed by atoms with van der Waals surface area (Å²) in [5.74, 6) is 0.518. The number of fused-ring (bicyclic) bond motifs is 9. The summed E-state index contributed by atoms with van der Waals surface area (Å²) >= 11 is 7.80. The van der Waals surface area contributed by atoms with E-state index in [4.69, 9.17) is 16.0 Å². The van der Waals surface area contributed by atoms with Gasteiger partial charge in [-0.1, -0.05) is 41.9 Å². The number of aliphatic hydroxyl groups is 3. The van der Waals surface area contributed by atoms with Crippen LogP contribution in [0.25, 0.3) is 28.4 Å². The minimum atomic E-state index is -0.751. The van der Waals surface area contributed by atoms with Crippen molar-refractivity contribution in [3.63, 3.8) is 0 Å². The van der Waals surface area contributed by atoms with Crippen LogP contribution < -0.4 is 9.13 Å². The summed E-state index contributed by atoms with van der Waals surface area (Å²) in [6, 6.07) is 29.0. The van der Waals surface area contributed by atoms with Crippen LogP contribution in [0.2, 0.25) is 5.02 Å². The predicted molar refractivity (Wildman–Crippen MR) is 241 cm³/mol. The number of thiazole rings is 1. The third-order valence-corrected chi connectivity index (χ3v) is 14.8. The molecule has 0 bridgehead atoms. The van der Waals surface area contributed by atoms with Crippen molar-refractivity contribution in [2.24, 2.45) is 0 Å². The molecule has 6 atom stereocenters. The van der Waals surface area contributed by atoms with Crippen molar-refractivity contribution in [3.8, 4) is 28.4 Å². The van der Waals surface area contributed by atoms with Crippen molar-refractivity contribution in [2.75, 3.05) is 0 Å². The molecule has 0 fully saturated rings. The number of aryl methyl sites for hydroxylation is 2. The first kappa shape index (κ1) is 39.2. The van der Waals surface area contributed by atoms with Crippen LogP contribution in [-0.4, -0.2) is 39.0 Å². The predicted octanol–water partition coefficient (Wildman–Crippen LogP) is 9.03. The van der Waals surface area contributed by atoms with Gasteiger partial charge in [0, 0.05) is 40.0 Å². The first-order valence-corrected chi connectivity index (χ1v) is 22.8. The average Bonchev–Trinajstić information content (AvgIpc) is 4.17. The van der Waals surface area contributed by atoms with E-state index >= 15 is 0 Å². The maximum Gasteiger partial charge on any atom is 0.254 e. The van der Waals surface area contributed by atoms with Crippen molar-refractivity contribution in [1.82, 2.24) is 23.7 Å². The zero-order chi connectivity index (χ0) is 43.4. The molecule has 3 aliphatic heterocycles. The Morgan fingerprint density at radius 3 is 1.98 bits per heavy atom. The smallest absolute Gasteiger partial charge is 0.254 e. The normalized spacial score (nSPS) is 18.0. The summed E-state index contributed by atoms with van der Waals surface area (Å²) in [5.41, 5.74) is 16.2. The second-order valence-corrected chi connectivity index (χ2v) is 18.7. The van der Waals surface area contributed by atoms with E-state index in [0.717, 1.165) is 84.0 Å². The highest BCUT2D eigenvalue weighted by atomic mass is 35.5. The molecular formula is C51H44ClN7O4S+2. The molecule has 8 heterocycles. The van der Waals surface area contributed by atoms with Gasteiger partial charge in [0.05, 0.1) is 64.5 Å². The van der Waals surface area contributed by atoms with Gasteiger partial charge in [0.1, 0.15) is 40.9 Å². The molecule has 3 N–H and O–H groups in total. The summed E-state index contributed by atoms with van der Waals surface area (Å²) in [7, 11) is 0. The highest BCUT2D eigenvalue weighted by Crippen LogP contribution is 2.47. The molecule has 0 amide bonds. The Bertz CT molecular complexity index is 3240. The van der Waals surface area contributed by atoms with E-state index in [9.17, 15) is 15.3 Å². The highest BCUT2D eigenvalue weighted by Gasteiger charge is 2.41. The summed E-state index contributed by atoms with van der Waals surface area (Å²) in [6.07, 6.45) is 15.3. The van der Waals surface area contributed by atoms with Crippen LogP contribution in [0.3, 0.4) is 0 Å². The second-order valence-electron chi connectivity index (χ2n) is 17.4. The number of benzene rings is 4. The molecule has 318 valence electrons. The van der Waals surface area contributed by atoms with E-state index in [-0.39, 0.29) is 17.8 Å². The largest absolute Gasteiger partial charge is 0.469 e. The Kier molecular flexibility index (Phi) is 9.25. The molecule has 3 aliphatic rings. The minimum absolute atomic E-state index is 0.00805. The van der Waals surface area contributed by atoms with Gasteiger partial charge in [-0.25, -0.2) is 14.1 Å². The monoisotopic (exact) mass is 885 g/mol. The average molecular weight is 886 g/mol. The van der Waals surface area contributed by atoms with Crippen LogP contribution in [0.15, 0.2) is 145 Å². The van der Waals surface area contributed by atoms with Gasteiger partial charge < -0.3 is 24.3 Å². The molecule has 0 saturated heterocycles. The number of hydrogen-bond acceptors (Lipinski definition) is 7. The molecule has 13 heteroatoms. The van der Waals surface area contributed by atoms with E-state index in [1.165, 1.54) is 16.9 Å². The van der Waals surface area contributed by atoms with Gasteiger partial charge in [0.15, 0.2) is 11.4 Å². The van der Waals surface area contributed by atoms with Crippen molar-refractivity contribution < 1.29 is 28.9 Å². The molecule has 0 spiro atoms. The molecule has 0 radical (unpaired) electrons. The fourth-order valence-electron chi connectivity index (χ4n) is 10.7. The van der Waals surface area contributed by atoms with Crippen molar-refractivity contribution in [3.05, 3.63) is 207 Å². The molecule has 0 aliphatic carbocycles. The van der Waals surface area contributed by atoms with Gasteiger partial charge in [-0.2, -0.15) is 9.13 Å². The Morgan fingerprint density at radius 1 is 0.672 bits per heavy atom. The van der Waals surface area contributed by atoms with Crippen LogP contribution >= 0.6 is 22.9 Å². The van der Waals surface area contributed by atoms with Crippen molar-refractivity contribution in [2.45, 2.75) is 69.2 Å². The van der Waals surface area contributed by atoms with Crippen LogP contribution in [-0.2, 0) is 0 Å². The molecule has 12 rings (SSSR count). The molecule has 5 aromatic heterocycles. The van der Waals surface area contributed by atoms with E-state index in [1.807, 2.05) is 50.6 Å². The molecule has 11 nitrogen and oxygen atoms in total. The van der Waals surface area contributed by atoms with Gasteiger partial charge in [-0.05, 0) is 104 Å². The number of imidazole rings is 3. The lowest BCUT2D eigenvalue weighted by atomic mass is 9.88. The maximum atomic E-state index is 12.0. The maximum absolute atomic E-state index is 12.0. The van der Waals surface area contributed by atoms with E-state index in [0.29, 0.717) is 24.3 Å². The fraction of sp³-hybridized carbons (Fsp3) is 0.216. The van der Waals surface area contributed by atoms with Crippen LogP contribution in [0, 0.1) is 13.8 Å². The molecule has 4 aromatic carbocycles. The van der Waals surface area contributed by atoms with Gasteiger partial charge in [0.25, 0.3) is 12.7 Å². The summed E-state index contributed by atoms with van der Waals surface area (Å²) in [4.78, 5) is 9.54. The third kappa shape index (κ3) is 6.27. The molecule has 0 saturated carbocycles. The van der Waals surface area contributed by atoms with Gasteiger partial charge in [0.2, 0.25) is 0 Å². The lowest BCUT2D eigenvalue weighted by Gasteiger charge is -2.17. The number of rotatable bonds is 11. The summed E-state index contributed by atoms with van der Waals surface area (Å²) in [5, 5.41) is 35.3. The number of halogens is 1. The molecule has 64 heavy (non-hydrogen) atoms. The lowest BCUT2D eigenvalue weighted by molar-refractivity contribution is -0.595. The second kappa shape index (κ2) is 15.1. The number of hydrogen-bond donors (Lipinski definition) is 3. The minimum Gasteiger partial charge on any atom is -0.469 e. The SMILES string of the molecule is Cc1coc(C)c1C(O)CC1c2cc(-[n+]3cc4n(c3)-c3ccccc3C4CC(O)c3cncs3)ccc2-n2c[n+](-c3ccc4c(c3)C(CC(O)c3cccc(Cl)c3)c3cncn3-4)cc21. The first-order chi connectivity index (χ1) is 31.2. The Hall–Kier alpha value is -6.41. The van der Waals surface area contributed by atoms with E-state index in [1.54, 1.807) is 18.0 Å². The Balaban J connectivity index is 0.912. The van der Waals surface area contributed by atoms with Gasteiger partial charge in [-0.15, -0.1) is 11.3 Å². The zero-order valence-electron chi connectivity index (χ0n) is 35.0. The number of furan rings is 1. The standard InChI is InChI=1S/C51H44ClN7O4S/c1-29-24-63-30(2)51(29)49(62)19-40-37-16-34(55-22-45-38(18-48(61)50-21-54-26-64-50)35-8-3-4-9-41(35)58(45)27-55)11-13-43(37)59-28-56(23-46(40)59)33-10-12-42-36(15-33)39(44-20-53-25-57(42)44)17-47(60)31-6-5-7-32(52)14-31/h3-16,20-28,38-40,47-49,60-62H,17-19H2,1-2H3/q+2. The summed E-state index contributed by atoms with van der Waals surface area (Å²) < 4.78 is 16.7.